The number of aromatic nitrogens is 3. The summed E-state index contributed by atoms with van der Waals surface area (Å²) in [6.07, 6.45) is 1.82. The molecule has 5 heteroatoms. The molecule has 2 aromatic rings. The van der Waals surface area contributed by atoms with Gasteiger partial charge in [-0.1, -0.05) is 30.0 Å². The molecule has 0 amide bonds. The van der Waals surface area contributed by atoms with E-state index in [2.05, 4.69) is 23.7 Å². The number of nitrogens with zero attached hydrogens (tertiary/aromatic N) is 3. The quantitative estimate of drug-likeness (QED) is 0.616. The maximum absolute atomic E-state index is 12.9. The van der Waals surface area contributed by atoms with Gasteiger partial charge in [0.15, 0.2) is 5.16 Å². The number of rotatable bonds is 5. The molecule has 0 spiro atoms. The van der Waals surface area contributed by atoms with E-state index in [1.807, 2.05) is 17.6 Å². The fourth-order valence-corrected chi connectivity index (χ4v) is 2.78. The molecule has 1 heterocycles. The minimum atomic E-state index is -0.216. The summed E-state index contributed by atoms with van der Waals surface area (Å²) in [4.78, 5) is 0. The van der Waals surface area contributed by atoms with E-state index in [-0.39, 0.29) is 11.1 Å². The van der Waals surface area contributed by atoms with E-state index in [1.54, 1.807) is 23.9 Å². The molecule has 0 aliphatic rings. The molecule has 1 unspecified atom stereocenters. The summed E-state index contributed by atoms with van der Waals surface area (Å²) in [7, 11) is 0. The second-order valence-electron chi connectivity index (χ2n) is 4.24. The van der Waals surface area contributed by atoms with Crippen LogP contribution in [-0.2, 0) is 6.54 Å². The van der Waals surface area contributed by atoms with Crippen molar-refractivity contribution in [2.24, 2.45) is 0 Å². The van der Waals surface area contributed by atoms with Gasteiger partial charge in [-0.15, -0.1) is 16.8 Å². The molecule has 0 radical (unpaired) electrons. The van der Waals surface area contributed by atoms with Crippen molar-refractivity contribution in [1.82, 2.24) is 14.8 Å². The van der Waals surface area contributed by atoms with E-state index < -0.39 is 0 Å². The molecule has 100 valence electrons. The van der Waals surface area contributed by atoms with Gasteiger partial charge in [0.2, 0.25) is 0 Å². The Hall–Kier alpha value is -1.62. The minimum absolute atomic E-state index is 0.188. The third-order valence-electron chi connectivity index (χ3n) is 2.84. The normalized spacial score (nSPS) is 12.4. The van der Waals surface area contributed by atoms with E-state index in [1.165, 1.54) is 12.1 Å². The second-order valence-corrected chi connectivity index (χ2v) is 5.55. The Labute approximate surface area is 116 Å². The van der Waals surface area contributed by atoms with Gasteiger partial charge in [0.05, 0.1) is 0 Å². The highest BCUT2D eigenvalue weighted by molar-refractivity contribution is 7.99. The van der Waals surface area contributed by atoms with Crippen LogP contribution in [0.1, 0.15) is 23.6 Å². The fraction of sp³-hybridized carbons (Fsp3) is 0.286. The molecule has 3 nitrogen and oxygen atoms in total. The zero-order valence-electron chi connectivity index (χ0n) is 11.0. The molecule has 0 bridgehead atoms. The zero-order chi connectivity index (χ0) is 13.8. The highest BCUT2D eigenvalue weighted by atomic mass is 32.2. The number of aryl methyl sites for hydroxylation is 1. The Morgan fingerprint density at radius 2 is 2.05 bits per heavy atom. The number of thioether (sulfide) groups is 1. The van der Waals surface area contributed by atoms with Crippen LogP contribution < -0.4 is 0 Å². The number of hydrogen-bond acceptors (Lipinski definition) is 3. The van der Waals surface area contributed by atoms with Gasteiger partial charge in [0.1, 0.15) is 11.6 Å². The number of allylic oxidation sites excluding steroid dienone is 1. The van der Waals surface area contributed by atoms with Crippen molar-refractivity contribution in [3.05, 3.63) is 54.1 Å². The third-order valence-corrected chi connectivity index (χ3v) is 3.97. The van der Waals surface area contributed by atoms with Crippen molar-refractivity contribution >= 4 is 11.8 Å². The summed E-state index contributed by atoms with van der Waals surface area (Å²) in [5.74, 6) is 0.653. The Bertz CT molecular complexity index is 563. The topological polar surface area (TPSA) is 30.7 Å². The Balaban J connectivity index is 2.16. The lowest BCUT2D eigenvalue weighted by Gasteiger charge is -2.12. The summed E-state index contributed by atoms with van der Waals surface area (Å²) in [6, 6.07) is 6.56. The van der Waals surface area contributed by atoms with Crippen molar-refractivity contribution in [3.8, 4) is 0 Å². The van der Waals surface area contributed by atoms with Crippen LogP contribution >= 0.6 is 11.8 Å². The first-order chi connectivity index (χ1) is 9.11. The number of benzene rings is 1. The first kappa shape index (κ1) is 13.8. The smallest absolute Gasteiger partial charge is 0.192 e. The van der Waals surface area contributed by atoms with Gasteiger partial charge in [-0.2, -0.15) is 0 Å². The average molecular weight is 277 g/mol. The van der Waals surface area contributed by atoms with Gasteiger partial charge in [-0.05, 0) is 31.5 Å². The molecule has 0 fully saturated rings. The van der Waals surface area contributed by atoms with Crippen LogP contribution in [-0.4, -0.2) is 14.8 Å². The van der Waals surface area contributed by atoms with Gasteiger partial charge in [-0.3, -0.25) is 0 Å². The second kappa shape index (κ2) is 6.02. The predicted molar refractivity (Wildman–Crippen MR) is 75.6 cm³/mol. The molecule has 1 aromatic heterocycles. The highest BCUT2D eigenvalue weighted by Gasteiger charge is 2.14. The van der Waals surface area contributed by atoms with Crippen LogP contribution in [0.5, 0.6) is 0 Å². The predicted octanol–water partition coefficient (Wildman–Crippen LogP) is 3.76. The summed E-state index contributed by atoms with van der Waals surface area (Å²) >= 11 is 1.61. The standard InChI is InChI=1S/C14H16FN3S/c1-4-9-18-11(3)16-17-14(18)19-10(2)12-5-7-13(15)8-6-12/h4-8,10H,1,9H2,2-3H3. The summed E-state index contributed by atoms with van der Waals surface area (Å²) in [6.45, 7) is 8.42. The molecule has 0 aliphatic heterocycles. The van der Waals surface area contributed by atoms with Gasteiger partial charge < -0.3 is 4.57 Å². The van der Waals surface area contributed by atoms with E-state index >= 15 is 0 Å². The van der Waals surface area contributed by atoms with Crippen LogP contribution in [0.3, 0.4) is 0 Å². The highest BCUT2D eigenvalue weighted by Crippen LogP contribution is 2.33. The maximum Gasteiger partial charge on any atom is 0.192 e. The Morgan fingerprint density at radius 1 is 1.37 bits per heavy atom. The molecule has 0 saturated carbocycles. The van der Waals surface area contributed by atoms with E-state index in [9.17, 15) is 4.39 Å². The monoisotopic (exact) mass is 277 g/mol. The van der Waals surface area contributed by atoms with E-state index in [4.69, 9.17) is 0 Å². The summed E-state index contributed by atoms with van der Waals surface area (Å²) < 4.78 is 14.9. The molecule has 19 heavy (non-hydrogen) atoms. The molecular formula is C14H16FN3S. The number of halogens is 1. The lowest BCUT2D eigenvalue weighted by atomic mass is 10.2. The first-order valence-corrected chi connectivity index (χ1v) is 6.92. The van der Waals surface area contributed by atoms with Crippen LogP contribution in [0, 0.1) is 12.7 Å². The summed E-state index contributed by atoms with van der Waals surface area (Å²) in [5.41, 5.74) is 1.07. The van der Waals surface area contributed by atoms with E-state index in [0.29, 0.717) is 6.54 Å². The van der Waals surface area contributed by atoms with Crippen LogP contribution in [0.25, 0.3) is 0 Å². The summed E-state index contributed by atoms with van der Waals surface area (Å²) in [5, 5.41) is 9.30. The van der Waals surface area contributed by atoms with E-state index in [0.717, 1.165) is 16.5 Å². The van der Waals surface area contributed by atoms with Crippen molar-refractivity contribution < 1.29 is 4.39 Å². The van der Waals surface area contributed by atoms with Crippen LogP contribution in [0.2, 0.25) is 0 Å². The third kappa shape index (κ3) is 3.23. The largest absolute Gasteiger partial charge is 0.302 e. The van der Waals surface area contributed by atoms with Crippen molar-refractivity contribution in [1.29, 1.82) is 0 Å². The van der Waals surface area contributed by atoms with Crippen LogP contribution in [0.15, 0.2) is 42.1 Å². The maximum atomic E-state index is 12.9. The number of hydrogen-bond donors (Lipinski definition) is 0. The first-order valence-electron chi connectivity index (χ1n) is 6.04. The van der Waals surface area contributed by atoms with Crippen LogP contribution in [0.4, 0.5) is 4.39 Å². The minimum Gasteiger partial charge on any atom is -0.302 e. The lowest BCUT2D eigenvalue weighted by Crippen LogP contribution is -2.01. The molecule has 0 N–H and O–H groups in total. The van der Waals surface area contributed by atoms with Gasteiger partial charge in [0, 0.05) is 11.8 Å². The van der Waals surface area contributed by atoms with Gasteiger partial charge >= 0.3 is 0 Å². The van der Waals surface area contributed by atoms with Gasteiger partial charge in [0.25, 0.3) is 0 Å². The molecule has 1 aromatic carbocycles. The van der Waals surface area contributed by atoms with Crippen molar-refractivity contribution in [2.45, 2.75) is 30.8 Å². The average Bonchev–Trinajstić information content (AvgIpc) is 2.73. The molecule has 0 aliphatic carbocycles. The lowest BCUT2D eigenvalue weighted by molar-refractivity contribution is 0.627. The molecule has 0 saturated heterocycles. The molecule has 2 rings (SSSR count). The molecular weight excluding hydrogens is 261 g/mol. The van der Waals surface area contributed by atoms with Gasteiger partial charge in [-0.25, -0.2) is 4.39 Å². The van der Waals surface area contributed by atoms with Crippen molar-refractivity contribution in [2.75, 3.05) is 0 Å². The zero-order valence-corrected chi connectivity index (χ0v) is 11.8. The fourth-order valence-electron chi connectivity index (χ4n) is 1.75. The SMILES string of the molecule is C=CCn1c(C)nnc1SC(C)c1ccc(F)cc1. The Morgan fingerprint density at radius 3 is 2.68 bits per heavy atom. The van der Waals surface area contributed by atoms with Crippen molar-refractivity contribution in [3.63, 3.8) is 0 Å². The Kier molecular flexibility index (Phi) is 4.37. The molecule has 1 atom stereocenters.